The van der Waals surface area contributed by atoms with Crippen molar-refractivity contribution in [3.63, 3.8) is 0 Å². The summed E-state index contributed by atoms with van der Waals surface area (Å²) >= 11 is 11.7. The molecular weight excluding hydrogens is 446 g/mol. The van der Waals surface area contributed by atoms with Gasteiger partial charge < -0.3 is 5.32 Å². The van der Waals surface area contributed by atoms with Crippen LogP contribution in [0.1, 0.15) is 15.2 Å². The summed E-state index contributed by atoms with van der Waals surface area (Å²) < 4.78 is 2.82. The predicted octanol–water partition coefficient (Wildman–Crippen LogP) is 4.97. The number of amides is 1. The fourth-order valence-corrected chi connectivity index (χ4v) is 4.12. The Morgan fingerprint density at radius 2 is 1.78 bits per heavy atom. The molecule has 0 bridgehead atoms. The van der Waals surface area contributed by atoms with E-state index in [1.165, 1.54) is 0 Å². The smallest absolute Gasteiger partial charge is 0.251 e. The molecule has 1 heterocycles. The minimum atomic E-state index is -0.0819. The van der Waals surface area contributed by atoms with Gasteiger partial charge in [-0.1, -0.05) is 31.9 Å². The van der Waals surface area contributed by atoms with E-state index in [9.17, 15) is 4.79 Å². The minimum Gasteiger partial charge on any atom is -0.347 e. The van der Waals surface area contributed by atoms with Crippen LogP contribution in [0.5, 0.6) is 0 Å². The Morgan fingerprint density at radius 1 is 1.11 bits per heavy atom. The average Bonchev–Trinajstić information content (AvgIpc) is 2.70. The lowest BCUT2D eigenvalue weighted by atomic mass is 10.2. The number of carbonyl (C=O) groups is 1. The molecule has 2 aromatic rings. The van der Waals surface area contributed by atoms with Crippen LogP contribution < -0.4 is 5.32 Å². The van der Waals surface area contributed by atoms with Crippen molar-refractivity contribution in [3.05, 3.63) is 53.5 Å². The van der Waals surface area contributed by atoms with Crippen molar-refractivity contribution in [2.45, 2.75) is 6.54 Å². The highest BCUT2D eigenvalue weighted by Crippen LogP contribution is 2.22. The Labute approximate surface area is 134 Å². The highest BCUT2D eigenvalue weighted by molar-refractivity contribution is 9.11. The molecule has 2 rings (SSSR count). The molecule has 0 aliphatic rings. The topological polar surface area (TPSA) is 29.1 Å². The van der Waals surface area contributed by atoms with Gasteiger partial charge in [0.05, 0.1) is 10.3 Å². The molecule has 0 spiro atoms. The average molecular weight is 454 g/mol. The molecule has 0 saturated heterocycles. The van der Waals surface area contributed by atoms with E-state index in [1.54, 1.807) is 23.5 Å². The molecule has 0 fully saturated rings. The maximum Gasteiger partial charge on any atom is 0.251 e. The van der Waals surface area contributed by atoms with Crippen LogP contribution in [0.3, 0.4) is 0 Å². The third-order valence-corrected chi connectivity index (χ3v) is 4.72. The summed E-state index contributed by atoms with van der Waals surface area (Å²) in [6, 6.07) is 9.45. The van der Waals surface area contributed by atoms with Gasteiger partial charge in [0.1, 0.15) is 0 Å². The summed E-state index contributed by atoms with van der Waals surface area (Å²) in [7, 11) is 0. The molecule has 0 unspecified atom stereocenters. The number of hydrogen-bond acceptors (Lipinski definition) is 2. The monoisotopic (exact) mass is 451 g/mol. The molecule has 1 aromatic heterocycles. The van der Waals surface area contributed by atoms with Gasteiger partial charge in [0.25, 0.3) is 5.91 Å². The number of thiophene rings is 1. The molecule has 18 heavy (non-hydrogen) atoms. The quantitative estimate of drug-likeness (QED) is 0.698. The van der Waals surface area contributed by atoms with Crippen molar-refractivity contribution < 1.29 is 4.79 Å². The molecule has 1 aromatic carbocycles. The first-order chi connectivity index (χ1) is 8.54. The number of nitrogens with one attached hydrogen (secondary N) is 1. The molecule has 0 saturated carbocycles. The Balaban J connectivity index is 2.03. The maximum atomic E-state index is 12.0. The molecule has 1 amide bonds. The molecule has 1 N–H and O–H groups in total. The summed E-state index contributed by atoms with van der Waals surface area (Å²) in [5.41, 5.74) is 0.631. The number of benzene rings is 1. The lowest BCUT2D eigenvalue weighted by Gasteiger charge is -2.05. The van der Waals surface area contributed by atoms with Crippen molar-refractivity contribution >= 4 is 65.0 Å². The number of halogens is 3. The summed E-state index contributed by atoms with van der Waals surface area (Å²) in [5.74, 6) is -0.0819. The summed E-state index contributed by atoms with van der Waals surface area (Å²) in [6.07, 6.45) is 0. The molecular formula is C12H8Br3NOS. The van der Waals surface area contributed by atoms with Crippen LogP contribution >= 0.6 is 59.1 Å². The Hall–Kier alpha value is -0.170. The Morgan fingerprint density at radius 3 is 2.33 bits per heavy atom. The van der Waals surface area contributed by atoms with E-state index in [2.05, 4.69) is 53.1 Å². The van der Waals surface area contributed by atoms with E-state index in [0.29, 0.717) is 12.1 Å². The lowest BCUT2D eigenvalue weighted by Crippen LogP contribution is -2.22. The van der Waals surface area contributed by atoms with Crippen LogP contribution in [0.15, 0.2) is 43.1 Å². The molecule has 0 aliphatic carbocycles. The van der Waals surface area contributed by atoms with Crippen LogP contribution in [-0.4, -0.2) is 5.91 Å². The molecule has 2 nitrogen and oxygen atoms in total. The van der Waals surface area contributed by atoms with Gasteiger partial charge in [-0.15, -0.1) is 11.3 Å². The van der Waals surface area contributed by atoms with Gasteiger partial charge in [0, 0.05) is 19.4 Å². The van der Waals surface area contributed by atoms with E-state index in [4.69, 9.17) is 0 Å². The van der Waals surface area contributed by atoms with E-state index in [1.807, 2.05) is 18.2 Å². The second-order valence-corrected chi connectivity index (χ2v) is 7.93. The molecule has 0 atom stereocenters. The fourth-order valence-electron chi connectivity index (χ4n) is 1.40. The first kappa shape index (κ1) is 14.2. The maximum absolute atomic E-state index is 12.0. The zero-order chi connectivity index (χ0) is 13.1. The van der Waals surface area contributed by atoms with Gasteiger partial charge in [-0.05, 0) is 46.3 Å². The fraction of sp³-hybridized carbons (Fsp3) is 0.0833. The second kappa shape index (κ2) is 6.32. The van der Waals surface area contributed by atoms with Crippen molar-refractivity contribution in [1.29, 1.82) is 0 Å². The standard InChI is InChI=1S/C12H8Br3NOS/c13-8-3-7(4-9(14)5-8)12(17)16-6-10-1-2-11(15)18-10/h1-5H,6H2,(H,16,17). The van der Waals surface area contributed by atoms with Crippen LogP contribution in [0.25, 0.3) is 0 Å². The van der Waals surface area contributed by atoms with Crippen LogP contribution in [-0.2, 0) is 6.54 Å². The Kier molecular flexibility index (Phi) is 5.00. The third kappa shape index (κ3) is 3.91. The summed E-state index contributed by atoms with van der Waals surface area (Å²) in [5, 5.41) is 2.89. The normalized spacial score (nSPS) is 10.4. The van der Waals surface area contributed by atoms with E-state index < -0.39 is 0 Å². The number of rotatable bonds is 3. The van der Waals surface area contributed by atoms with Gasteiger partial charge in [-0.3, -0.25) is 4.79 Å². The highest BCUT2D eigenvalue weighted by Gasteiger charge is 2.08. The second-order valence-electron chi connectivity index (χ2n) is 3.55. The zero-order valence-electron chi connectivity index (χ0n) is 9.04. The van der Waals surface area contributed by atoms with Gasteiger partial charge >= 0.3 is 0 Å². The van der Waals surface area contributed by atoms with Crippen molar-refractivity contribution in [3.8, 4) is 0 Å². The number of carbonyl (C=O) groups excluding carboxylic acids is 1. The van der Waals surface area contributed by atoms with Crippen molar-refractivity contribution in [2.24, 2.45) is 0 Å². The van der Waals surface area contributed by atoms with E-state index in [-0.39, 0.29) is 5.91 Å². The largest absolute Gasteiger partial charge is 0.347 e. The molecule has 0 radical (unpaired) electrons. The first-order valence-electron chi connectivity index (χ1n) is 5.03. The molecule has 94 valence electrons. The molecule has 0 aliphatic heterocycles. The Bertz CT molecular complexity index is 562. The van der Waals surface area contributed by atoms with Gasteiger partial charge in [-0.2, -0.15) is 0 Å². The SMILES string of the molecule is O=C(NCc1ccc(Br)s1)c1cc(Br)cc(Br)c1. The van der Waals surface area contributed by atoms with E-state index >= 15 is 0 Å². The van der Waals surface area contributed by atoms with Gasteiger partial charge in [0.15, 0.2) is 0 Å². The first-order valence-corrected chi connectivity index (χ1v) is 8.22. The van der Waals surface area contributed by atoms with Crippen molar-refractivity contribution in [1.82, 2.24) is 5.32 Å². The van der Waals surface area contributed by atoms with E-state index in [0.717, 1.165) is 17.6 Å². The van der Waals surface area contributed by atoms with Gasteiger partial charge in [-0.25, -0.2) is 0 Å². The summed E-state index contributed by atoms with van der Waals surface area (Å²) in [6.45, 7) is 0.541. The number of hydrogen-bond donors (Lipinski definition) is 1. The van der Waals surface area contributed by atoms with Gasteiger partial charge in [0.2, 0.25) is 0 Å². The molecule has 6 heteroatoms. The predicted molar refractivity (Wildman–Crippen MR) is 85.0 cm³/mol. The minimum absolute atomic E-state index is 0.0819. The van der Waals surface area contributed by atoms with Crippen LogP contribution in [0.2, 0.25) is 0 Å². The highest BCUT2D eigenvalue weighted by atomic mass is 79.9. The zero-order valence-corrected chi connectivity index (χ0v) is 14.6. The van der Waals surface area contributed by atoms with Crippen LogP contribution in [0.4, 0.5) is 0 Å². The third-order valence-electron chi connectivity index (χ3n) is 2.18. The lowest BCUT2D eigenvalue weighted by molar-refractivity contribution is 0.0951. The summed E-state index contributed by atoms with van der Waals surface area (Å²) in [4.78, 5) is 13.1. The van der Waals surface area contributed by atoms with Crippen molar-refractivity contribution in [2.75, 3.05) is 0 Å². The van der Waals surface area contributed by atoms with Crippen LogP contribution in [0, 0.1) is 0 Å².